The summed E-state index contributed by atoms with van der Waals surface area (Å²) in [6, 6.07) is 0. The Morgan fingerprint density at radius 2 is 1.79 bits per heavy atom. The summed E-state index contributed by atoms with van der Waals surface area (Å²) in [7, 11) is -1.01. The molecule has 2 nitrogen and oxygen atoms in total. The van der Waals surface area contributed by atoms with Crippen molar-refractivity contribution in [2.75, 3.05) is 19.8 Å². The van der Waals surface area contributed by atoms with Crippen molar-refractivity contribution in [1.82, 2.24) is 9.88 Å². The number of rotatable bonds is 6. The van der Waals surface area contributed by atoms with Gasteiger partial charge in [-0.2, -0.15) is 0 Å². The maximum atomic E-state index is 3.94. The molecule has 84 valence electrons. The van der Waals surface area contributed by atoms with E-state index in [-0.39, 0.29) is 0 Å². The highest BCUT2D eigenvalue weighted by Gasteiger charge is 2.23. The van der Waals surface area contributed by atoms with E-state index < -0.39 is 8.96 Å². The fourth-order valence-electron chi connectivity index (χ4n) is 1.42. The predicted octanol–water partition coefficient (Wildman–Crippen LogP) is 2.12. The maximum absolute atomic E-state index is 3.94. The molecule has 0 saturated carbocycles. The highest BCUT2D eigenvalue weighted by molar-refractivity contribution is 6.64. The lowest BCUT2D eigenvalue weighted by molar-refractivity contribution is 0.299. The molecule has 0 aromatic rings. The Morgan fingerprint density at radius 1 is 1.29 bits per heavy atom. The summed E-state index contributed by atoms with van der Waals surface area (Å²) in [5.74, 6) is 0. The van der Waals surface area contributed by atoms with Gasteiger partial charge in [-0.3, -0.25) is 4.90 Å². The summed E-state index contributed by atoms with van der Waals surface area (Å²) in [5, 5.41) is 0.384. The maximum Gasteiger partial charge on any atom is 0.139 e. The van der Waals surface area contributed by atoms with Crippen LogP contribution in [-0.2, 0) is 0 Å². The van der Waals surface area contributed by atoms with Gasteiger partial charge in [0.15, 0.2) is 0 Å². The summed E-state index contributed by atoms with van der Waals surface area (Å²) in [6.45, 7) is 18.5. The van der Waals surface area contributed by atoms with Gasteiger partial charge in [0.2, 0.25) is 0 Å². The first-order valence-corrected chi connectivity index (χ1v) is 7.36. The Labute approximate surface area is 91.1 Å². The normalized spacial score (nSPS) is 14.4. The van der Waals surface area contributed by atoms with E-state index >= 15 is 0 Å². The Hall–Kier alpha value is -0.123. The molecule has 3 heteroatoms. The van der Waals surface area contributed by atoms with Crippen LogP contribution in [0.25, 0.3) is 0 Å². The van der Waals surface area contributed by atoms with Crippen molar-refractivity contribution >= 4 is 8.96 Å². The Morgan fingerprint density at radius 3 is 2.07 bits per heavy atom. The van der Waals surface area contributed by atoms with Gasteiger partial charge in [0.05, 0.1) is 0 Å². The van der Waals surface area contributed by atoms with Gasteiger partial charge >= 0.3 is 0 Å². The Balaban J connectivity index is 4.01. The number of nitrogens with one attached hydrogen (secondary N) is 1. The third kappa shape index (κ3) is 4.93. The molecule has 1 atom stereocenters. The van der Waals surface area contributed by atoms with Crippen LogP contribution >= 0.6 is 0 Å². The minimum atomic E-state index is -1.01. The van der Waals surface area contributed by atoms with Gasteiger partial charge in [-0.1, -0.05) is 40.3 Å². The number of hydrogen-bond donors (Lipinski definition) is 1. The molecule has 14 heavy (non-hydrogen) atoms. The summed E-state index contributed by atoms with van der Waals surface area (Å²) >= 11 is 0. The molecule has 0 saturated heterocycles. The van der Waals surface area contributed by atoms with Gasteiger partial charge in [0.25, 0.3) is 0 Å². The lowest BCUT2D eigenvalue weighted by Crippen LogP contribution is -2.46. The lowest BCUT2D eigenvalue weighted by Gasteiger charge is -2.30. The molecule has 0 radical (unpaired) electrons. The monoisotopic (exact) mass is 214 g/mol. The molecule has 0 aliphatic rings. The molecule has 0 aliphatic heterocycles. The first-order chi connectivity index (χ1) is 6.45. The van der Waals surface area contributed by atoms with Crippen LogP contribution < -0.4 is 4.98 Å². The first-order valence-electron chi connectivity index (χ1n) is 5.54. The van der Waals surface area contributed by atoms with E-state index in [1.54, 1.807) is 0 Å². The smallest absolute Gasteiger partial charge is 0.139 e. The summed E-state index contributed by atoms with van der Waals surface area (Å²) < 4.78 is 0. The summed E-state index contributed by atoms with van der Waals surface area (Å²) in [5.41, 5.74) is 2.14. The van der Waals surface area contributed by atoms with Crippen LogP contribution in [0.5, 0.6) is 0 Å². The first kappa shape index (κ1) is 13.9. The molecule has 0 heterocycles. The van der Waals surface area contributed by atoms with Crippen LogP contribution in [0.15, 0.2) is 12.3 Å². The average Bonchev–Trinajstić information content (AvgIpc) is 2.10. The van der Waals surface area contributed by atoms with Crippen LogP contribution in [0.1, 0.15) is 34.6 Å². The van der Waals surface area contributed by atoms with Crippen LogP contribution in [0.3, 0.4) is 0 Å². The lowest BCUT2D eigenvalue weighted by atomic mass is 10.3. The molecular weight excluding hydrogens is 188 g/mol. The van der Waals surface area contributed by atoms with E-state index in [0.717, 1.165) is 19.8 Å². The Bertz CT molecular complexity index is 159. The molecule has 0 aliphatic carbocycles. The van der Waals surface area contributed by atoms with Crippen molar-refractivity contribution in [3.8, 4) is 0 Å². The minimum absolute atomic E-state index is 0.384. The van der Waals surface area contributed by atoms with Gasteiger partial charge in [-0.05, 0) is 18.1 Å². The average molecular weight is 214 g/mol. The molecule has 0 rings (SSSR count). The second-order valence-electron chi connectivity index (χ2n) is 4.74. The van der Waals surface area contributed by atoms with Gasteiger partial charge in [-0.25, -0.2) is 0 Å². The predicted molar refractivity (Wildman–Crippen MR) is 68.0 cm³/mol. The van der Waals surface area contributed by atoms with Crippen molar-refractivity contribution in [2.24, 2.45) is 0 Å². The summed E-state index contributed by atoms with van der Waals surface area (Å²) in [4.78, 5) is 6.06. The minimum Gasteiger partial charge on any atom is -0.324 e. The third-order valence-corrected chi connectivity index (χ3v) is 5.56. The van der Waals surface area contributed by atoms with Crippen molar-refractivity contribution in [2.45, 2.75) is 39.7 Å². The SMILES string of the molecule is C=C[SiH](NCN(CC)CC)C(C)(C)C. The molecule has 1 unspecified atom stereocenters. The van der Waals surface area contributed by atoms with E-state index in [1.807, 2.05) is 0 Å². The topological polar surface area (TPSA) is 15.3 Å². The van der Waals surface area contributed by atoms with Crippen LogP contribution in [0, 0.1) is 0 Å². The van der Waals surface area contributed by atoms with E-state index in [0.29, 0.717) is 5.04 Å². The fourth-order valence-corrected chi connectivity index (χ4v) is 3.36. The fraction of sp³-hybridized carbons (Fsp3) is 0.818. The highest BCUT2D eigenvalue weighted by atomic mass is 28.3. The van der Waals surface area contributed by atoms with Gasteiger partial charge < -0.3 is 4.98 Å². The van der Waals surface area contributed by atoms with E-state index in [9.17, 15) is 0 Å². The van der Waals surface area contributed by atoms with Crippen LogP contribution in [0.4, 0.5) is 0 Å². The molecule has 0 aromatic carbocycles. The zero-order valence-electron chi connectivity index (χ0n) is 10.4. The van der Waals surface area contributed by atoms with Crippen molar-refractivity contribution in [1.29, 1.82) is 0 Å². The number of hydrogen-bond acceptors (Lipinski definition) is 2. The zero-order valence-corrected chi connectivity index (χ0v) is 11.6. The van der Waals surface area contributed by atoms with Gasteiger partial charge in [0.1, 0.15) is 8.96 Å². The molecule has 1 N–H and O–H groups in total. The quantitative estimate of drug-likeness (QED) is 0.538. The molecule has 0 amide bonds. The molecule has 0 spiro atoms. The van der Waals surface area contributed by atoms with Crippen LogP contribution in [0.2, 0.25) is 5.04 Å². The van der Waals surface area contributed by atoms with E-state index in [4.69, 9.17) is 0 Å². The molecule has 0 fully saturated rings. The van der Waals surface area contributed by atoms with Gasteiger partial charge in [-0.15, -0.1) is 6.58 Å². The van der Waals surface area contributed by atoms with E-state index in [1.165, 1.54) is 0 Å². The third-order valence-electron chi connectivity index (χ3n) is 2.60. The van der Waals surface area contributed by atoms with Crippen molar-refractivity contribution in [3.63, 3.8) is 0 Å². The zero-order chi connectivity index (χ0) is 11.2. The van der Waals surface area contributed by atoms with Crippen LogP contribution in [-0.4, -0.2) is 33.6 Å². The molecular formula is C11H26N2Si. The Kier molecular flexibility index (Phi) is 6.32. The largest absolute Gasteiger partial charge is 0.324 e. The van der Waals surface area contributed by atoms with Crippen molar-refractivity contribution in [3.05, 3.63) is 12.3 Å². The molecule has 0 bridgehead atoms. The highest BCUT2D eigenvalue weighted by Crippen LogP contribution is 2.25. The standard InChI is InChI=1S/C11H26N2Si/c1-7-13(8-2)10-12-14(9-3)11(4,5)6/h9,12,14H,3,7-8,10H2,1-2,4-6H3. The van der Waals surface area contributed by atoms with Crippen molar-refractivity contribution < 1.29 is 0 Å². The molecule has 0 aromatic heterocycles. The second kappa shape index (κ2) is 6.38. The number of nitrogens with zero attached hydrogens (tertiary/aromatic N) is 1. The van der Waals surface area contributed by atoms with E-state index in [2.05, 4.69) is 56.8 Å². The second-order valence-corrected chi connectivity index (χ2v) is 8.31. The van der Waals surface area contributed by atoms with Gasteiger partial charge in [0, 0.05) is 6.67 Å². The summed E-state index contributed by atoms with van der Waals surface area (Å²) in [6.07, 6.45) is 0.